The number of hydrogen-bond donors (Lipinski definition) is 1. The van der Waals surface area contributed by atoms with Gasteiger partial charge in [-0.3, -0.25) is 10.4 Å². The average Bonchev–Trinajstić information content (AvgIpc) is 2.83. The number of hydrazone groups is 1. The molecule has 0 bridgehead atoms. The lowest BCUT2D eigenvalue weighted by molar-refractivity contribution is 1.03. The normalized spacial score (nSPS) is 13.2. The Morgan fingerprint density at radius 1 is 0.833 bits per heavy atom. The summed E-state index contributed by atoms with van der Waals surface area (Å²) < 4.78 is 0. The van der Waals surface area contributed by atoms with Crippen molar-refractivity contribution >= 4 is 28.8 Å². The molecule has 3 aromatic rings. The first-order valence-corrected chi connectivity index (χ1v) is 7.87. The summed E-state index contributed by atoms with van der Waals surface area (Å²) in [6.07, 6.45) is 3.54. The van der Waals surface area contributed by atoms with Crippen molar-refractivity contribution < 1.29 is 0 Å². The van der Waals surface area contributed by atoms with E-state index in [4.69, 9.17) is 16.6 Å². The van der Waals surface area contributed by atoms with Crippen molar-refractivity contribution in [2.24, 2.45) is 10.1 Å². The van der Waals surface area contributed by atoms with Gasteiger partial charge in [0.2, 0.25) is 0 Å². The second-order valence-electron chi connectivity index (χ2n) is 5.30. The number of amidine groups is 1. The molecule has 0 unspecified atom stereocenters. The number of aromatic nitrogens is 1. The number of nitrogens with zero attached hydrogens (tertiary/aromatic N) is 3. The third-order valence-corrected chi connectivity index (χ3v) is 3.97. The molecule has 1 N–H and O–H groups in total. The molecule has 0 saturated heterocycles. The van der Waals surface area contributed by atoms with E-state index < -0.39 is 0 Å². The monoisotopic (exact) mass is 332 g/mol. The van der Waals surface area contributed by atoms with Gasteiger partial charge in [-0.1, -0.05) is 29.8 Å². The summed E-state index contributed by atoms with van der Waals surface area (Å²) in [5.74, 6) is 0.679. The van der Waals surface area contributed by atoms with E-state index >= 15 is 0 Å². The highest BCUT2D eigenvalue weighted by Gasteiger charge is 2.16. The Morgan fingerprint density at radius 2 is 1.67 bits per heavy atom. The van der Waals surface area contributed by atoms with E-state index in [2.05, 4.69) is 15.5 Å². The summed E-state index contributed by atoms with van der Waals surface area (Å²) >= 11 is 5.97. The van der Waals surface area contributed by atoms with Crippen molar-refractivity contribution in [1.29, 1.82) is 0 Å². The minimum Gasteiger partial charge on any atom is -0.264 e. The van der Waals surface area contributed by atoms with E-state index in [1.54, 1.807) is 12.4 Å². The zero-order chi connectivity index (χ0) is 16.4. The molecule has 0 atom stereocenters. The molecule has 1 aromatic heterocycles. The third kappa shape index (κ3) is 2.79. The number of aliphatic imine (C=N–C) groups is 1. The van der Waals surface area contributed by atoms with Crippen molar-refractivity contribution in [3.05, 3.63) is 94.8 Å². The van der Waals surface area contributed by atoms with Crippen LogP contribution in [0.4, 0.5) is 5.69 Å². The summed E-state index contributed by atoms with van der Waals surface area (Å²) in [5.41, 5.74) is 7.56. The fourth-order valence-electron chi connectivity index (χ4n) is 2.55. The molecule has 1 aliphatic rings. The standard InChI is InChI=1S/C19H13ClN4/c20-15-9-7-13(8-10-15)19-22-17-6-2-1-5-16(17)18(23-24-19)14-4-3-11-21-12-14/h1-12H,(H,22,24). The molecule has 4 nitrogen and oxygen atoms in total. The molecule has 4 rings (SSSR count). The summed E-state index contributed by atoms with van der Waals surface area (Å²) in [4.78, 5) is 8.93. The van der Waals surface area contributed by atoms with Crippen LogP contribution in [0.25, 0.3) is 0 Å². The van der Waals surface area contributed by atoms with Gasteiger partial charge in [-0.05, 0) is 42.5 Å². The Labute approximate surface area is 144 Å². The first kappa shape index (κ1) is 14.6. The van der Waals surface area contributed by atoms with E-state index in [1.165, 1.54) is 0 Å². The van der Waals surface area contributed by atoms with Crippen LogP contribution < -0.4 is 5.43 Å². The summed E-state index contributed by atoms with van der Waals surface area (Å²) in [5, 5.41) is 5.27. The molecular formula is C19H13ClN4. The predicted octanol–water partition coefficient (Wildman–Crippen LogP) is 4.17. The van der Waals surface area contributed by atoms with Crippen LogP contribution in [-0.4, -0.2) is 16.5 Å². The van der Waals surface area contributed by atoms with Gasteiger partial charge in [0.25, 0.3) is 0 Å². The van der Waals surface area contributed by atoms with E-state index in [-0.39, 0.29) is 0 Å². The second kappa shape index (κ2) is 6.26. The van der Waals surface area contributed by atoms with Crippen LogP contribution in [0.2, 0.25) is 5.02 Å². The molecule has 0 amide bonds. The summed E-state index contributed by atoms with van der Waals surface area (Å²) in [7, 11) is 0. The van der Waals surface area contributed by atoms with Gasteiger partial charge in [-0.2, -0.15) is 5.10 Å². The maximum absolute atomic E-state index is 5.97. The van der Waals surface area contributed by atoms with Crippen LogP contribution in [-0.2, 0) is 0 Å². The van der Waals surface area contributed by atoms with E-state index in [0.717, 1.165) is 28.1 Å². The minimum atomic E-state index is 0.679. The molecular weight excluding hydrogens is 320 g/mol. The molecule has 0 spiro atoms. The largest absolute Gasteiger partial charge is 0.264 e. The lowest BCUT2D eigenvalue weighted by Crippen LogP contribution is -2.19. The number of pyridine rings is 1. The SMILES string of the molecule is Clc1ccc(C2=Nc3ccccc3C(c3cccnc3)=NN2)cc1. The summed E-state index contributed by atoms with van der Waals surface area (Å²) in [6, 6.07) is 19.3. The van der Waals surface area contributed by atoms with Gasteiger partial charge < -0.3 is 0 Å². The van der Waals surface area contributed by atoms with Gasteiger partial charge in [0.1, 0.15) is 5.71 Å². The number of benzene rings is 2. The quantitative estimate of drug-likeness (QED) is 0.765. The molecule has 2 aromatic carbocycles. The van der Waals surface area contributed by atoms with Crippen molar-refractivity contribution in [2.75, 3.05) is 0 Å². The number of hydrogen-bond acceptors (Lipinski definition) is 4. The Hall–Kier alpha value is -2.98. The van der Waals surface area contributed by atoms with Gasteiger partial charge in [-0.15, -0.1) is 0 Å². The number of nitrogens with one attached hydrogen (secondary N) is 1. The zero-order valence-electron chi connectivity index (χ0n) is 12.6. The van der Waals surface area contributed by atoms with Crippen LogP contribution in [0.5, 0.6) is 0 Å². The number of halogens is 1. The van der Waals surface area contributed by atoms with Crippen molar-refractivity contribution in [3.8, 4) is 0 Å². The van der Waals surface area contributed by atoms with Gasteiger partial charge in [0, 0.05) is 34.1 Å². The first-order valence-electron chi connectivity index (χ1n) is 7.49. The summed E-state index contributed by atoms with van der Waals surface area (Å²) in [6.45, 7) is 0. The van der Waals surface area contributed by atoms with Gasteiger partial charge in [-0.25, -0.2) is 4.99 Å². The molecule has 0 saturated carbocycles. The fraction of sp³-hybridized carbons (Fsp3) is 0. The smallest absolute Gasteiger partial charge is 0.154 e. The Kier molecular flexibility index (Phi) is 3.81. The topological polar surface area (TPSA) is 49.6 Å². The lowest BCUT2D eigenvalue weighted by Gasteiger charge is -2.06. The molecule has 116 valence electrons. The Balaban J connectivity index is 1.84. The second-order valence-corrected chi connectivity index (χ2v) is 5.73. The van der Waals surface area contributed by atoms with Crippen LogP contribution in [0.3, 0.4) is 0 Å². The minimum absolute atomic E-state index is 0.679. The highest BCUT2D eigenvalue weighted by atomic mass is 35.5. The fourth-order valence-corrected chi connectivity index (χ4v) is 2.67. The van der Waals surface area contributed by atoms with Gasteiger partial charge >= 0.3 is 0 Å². The Morgan fingerprint density at radius 3 is 2.46 bits per heavy atom. The van der Waals surface area contributed by atoms with Crippen molar-refractivity contribution in [2.45, 2.75) is 0 Å². The molecule has 1 aliphatic heterocycles. The Bertz CT molecular complexity index is 931. The number of para-hydroxylation sites is 1. The molecule has 24 heavy (non-hydrogen) atoms. The van der Waals surface area contributed by atoms with E-state index in [0.29, 0.717) is 10.9 Å². The van der Waals surface area contributed by atoms with E-state index in [1.807, 2.05) is 60.7 Å². The molecule has 0 radical (unpaired) electrons. The number of fused-ring (bicyclic) bond motifs is 1. The van der Waals surface area contributed by atoms with Gasteiger partial charge in [0.05, 0.1) is 5.69 Å². The van der Waals surface area contributed by atoms with Gasteiger partial charge in [0.15, 0.2) is 5.84 Å². The predicted molar refractivity (Wildman–Crippen MR) is 97.1 cm³/mol. The molecule has 0 aliphatic carbocycles. The average molecular weight is 333 g/mol. The molecule has 5 heteroatoms. The molecule has 0 fully saturated rings. The van der Waals surface area contributed by atoms with Crippen LogP contribution in [0.15, 0.2) is 83.2 Å². The zero-order valence-corrected chi connectivity index (χ0v) is 13.4. The van der Waals surface area contributed by atoms with Crippen molar-refractivity contribution in [1.82, 2.24) is 10.4 Å². The maximum atomic E-state index is 5.97. The van der Waals surface area contributed by atoms with Crippen LogP contribution in [0, 0.1) is 0 Å². The highest BCUT2D eigenvalue weighted by Crippen LogP contribution is 2.25. The highest BCUT2D eigenvalue weighted by molar-refractivity contribution is 6.30. The third-order valence-electron chi connectivity index (χ3n) is 3.72. The first-order chi connectivity index (χ1) is 11.8. The lowest BCUT2D eigenvalue weighted by atomic mass is 10.0. The van der Waals surface area contributed by atoms with Crippen LogP contribution in [0.1, 0.15) is 16.7 Å². The maximum Gasteiger partial charge on any atom is 0.154 e. The van der Waals surface area contributed by atoms with E-state index in [9.17, 15) is 0 Å². The van der Waals surface area contributed by atoms with Crippen molar-refractivity contribution in [3.63, 3.8) is 0 Å². The molecule has 2 heterocycles. The van der Waals surface area contributed by atoms with Crippen LogP contribution >= 0.6 is 11.6 Å². The number of rotatable bonds is 2.